The van der Waals surface area contributed by atoms with E-state index in [-0.39, 0.29) is 34.8 Å². The lowest BCUT2D eigenvalue weighted by molar-refractivity contribution is -0.126. The van der Waals surface area contributed by atoms with Crippen molar-refractivity contribution in [2.45, 2.75) is 44.3 Å². The van der Waals surface area contributed by atoms with Gasteiger partial charge in [0.2, 0.25) is 5.91 Å². The van der Waals surface area contributed by atoms with Gasteiger partial charge < -0.3 is 26.4 Å². The minimum Gasteiger partial charge on any atom is -0.497 e. The summed E-state index contributed by atoms with van der Waals surface area (Å²) in [6.07, 6.45) is 3.75. The van der Waals surface area contributed by atoms with Gasteiger partial charge in [-0.25, -0.2) is 4.39 Å². The van der Waals surface area contributed by atoms with Crippen LogP contribution in [0.1, 0.15) is 63.0 Å². The third-order valence-electron chi connectivity index (χ3n) is 6.38. The molecule has 1 aliphatic carbocycles. The van der Waals surface area contributed by atoms with Crippen molar-refractivity contribution < 1.29 is 23.5 Å². The Kier molecular flexibility index (Phi) is 8.02. The van der Waals surface area contributed by atoms with Gasteiger partial charge in [-0.15, -0.1) is 0 Å². The number of aromatic nitrogens is 1. The van der Waals surface area contributed by atoms with Gasteiger partial charge in [0.25, 0.3) is 11.8 Å². The van der Waals surface area contributed by atoms with Crippen molar-refractivity contribution in [1.29, 1.82) is 0 Å². The molecule has 3 aromatic rings. The van der Waals surface area contributed by atoms with Gasteiger partial charge in [-0.05, 0) is 59.8 Å². The number of nitrogen functional groups attached to an aromatic ring is 1. The van der Waals surface area contributed by atoms with Crippen LogP contribution in [0.25, 0.3) is 0 Å². The van der Waals surface area contributed by atoms with Crippen LogP contribution in [-0.4, -0.2) is 40.1 Å². The zero-order valence-electron chi connectivity index (χ0n) is 20.3. The predicted octanol–water partition coefficient (Wildman–Crippen LogP) is 3.41. The molecule has 1 aromatic heterocycles. The molecular weight excluding hydrogens is 497 g/mol. The SMILES string of the molecule is COc1ccc([C@@H](C(=O)NC2CCCC2)N(Cc2ccc(F)cc2)C(=O)c2snc(C(N)=O)c2N)cc1. The summed E-state index contributed by atoms with van der Waals surface area (Å²) in [5, 5.41) is 3.08. The minimum absolute atomic E-state index is 0.00552. The number of primary amides is 1. The second kappa shape index (κ2) is 11.4. The van der Waals surface area contributed by atoms with Gasteiger partial charge >= 0.3 is 0 Å². The molecule has 9 nitrogen and oxygen atoms in total. The third-order valence-corrected chi connectivity index (χ3v) is 7.23. The fraction of sp³-hybridized carbons (Fsp3) is 0.308. The first-order valence-electron chi connectivity index (χ1n) is 11.8. The molecule has 0 spiro atoms. The van der Waals surface area contributed by atoms with Crippen LogP contribution in [0.15, 0.2) is 48.5 Å². The fourth-order valence-electron chi connectivity index (χ4n) is 4.44. The molecule has 0 radical (unpaired) electrons. The number of anilines is 1. The van der Waals surface area contributed by atoms with E-state index in [1.807, 2.05) is 0 Å². The van der Waals surface area contributed by atoms with E-state index in [9.17, 15) is 18.8 Å². The number of ether oxygens (including phenoxy) is 1. The van der Waals surface area contributed by atoms with Crippen LogP contribution < -0.4 is 21.5 Å². The topological polar surface area (TPSA) is 141 Å². The molecular formula is C26H28FN5O4S. The maximum Gasteiger partial charge on any atom is 0.270 e. The summed E-state index contributed by atoms with van der Waals surface area (Å²) in [5.74, 6) is -1.65. The number of hydrogen-bond donors (Lipinski definition) is 3. The number of nitrogens with one attached hydrogen (secondary N) is 1. The lowest BCUT2D eigenvalue weighted by Crippen LogP contribution is -2.45. The van der Waals surface area contributed by atoms with Crippen molar-refractivity contribution >= 4 is 34.9 Å². The summed E-state index contributed by atoms with van der Waals surface area (Å²) in [6, 6.07) is 11.4. The molecule has 1 saturated carbocycles. The number of hydrogen-bond acceptors (Lipinski definition) is 7. The smallest absolute Gasteiger partial charge is 0.270 e. The zero-order chi connectivity index (χ0) is 26.5. The number of rotatable bonds is 9. The van der Waals surface area contributed by atoms with Gasteiger partial charge in [0.05, 0.1) is 12.8 Å². The van der Waals surface area contributed by atoms with Crippen molar-refractivity contribution in [2.24, 2.45) is 5.73 Å². The maximum atomic E-state index is 13.9. The van der Waals surface area contributed by atoms with Crippen LogP contribution in [-0.2, 0) is 11.3 Å². The number of benzene rings is 2. The normalized spacial score (nSPS) is 14.2. The molecule has 11 heteroatoms. The molecule has 1 heterocycles. The van der Waals surface area contributed by atoms with Crippen molar-refractivity contribution in [2.75, 3.05) is 12.8 Å². The number of nitrogens with zero attached hydrogens (tertiary/aromatic N) is 2. The summed E-state index contributed by atoms with van der Waals surface area (Å²) in [6.45, 7) is -0.0306. The highest BCUT2D eigenvalue weighted by atomic mass is 32.1. The average Bonchev–Trinajstić information content (AvgIpc) is 3.54. The first-order chi connectivity index (χ1) is 17.8. The van der Waals surface area contributed by atoms with Gasteiger partial charge in [0.15, 0.2) is 5.69 Å². The Hall–Kier alpha value is -3.99. The molecule has 5 N–H and O–H groups in total. The average molecular weight is 526 g/mol. The van der Waals surface area contributed by atoms with Crippen molar-refractivity contribution in [3.05, 3.63) is 76.0 Å². The number of carbonyl (C=O) groups is 3. The third kappa shape index (κ3) is 5.88. The second-order valence-electron chi connectivity index (χ2n) is 8.86. The molecule has 0 bridgehead atoms. The van der Waals surface area contributed by atoms with Crippen LogP contribution in [0.3, 0.4) is 0 Å². The highest BCUT2D eigenvalue weighted by Crippen LogP contribution is 2.32. The van der Waals surface area contributed by atoms with E-state index in [1.54, 1.807) is 36.4 Å². The van der Waals surface area contributed by atoms with E-state index in [0.29, 0.717) is 16.9 Å². The molecule has 37 heavy (non-hydrogen) atoms. The fourth-order valence-corrected chi connectivity index (χ4v) is 5.20. The lowest BCUT2D eigenvalue weighted by Gasteiger charge is -2.32. The number of amides is 3. The van der Waals surface area contributed by atoms with E-state index in [0.717, 1.165) is 37.2 Å². The van der Waals surface area contributed by atoms with Crippen LogP contribution in [0.4, 0.5) is 10.1 Å². The maximum absolute atomic E-state index is 13.9. The quantitative estimate of drug-likeness (QED) is 0.391. The molecule has 1 atom stereocenters. The summed E-state index contributed by atoms with van der Waals surface area (Å²) in [5.41, 5.74) is 12.2. The van der Waals surface area contributed by atoms with Crippen molar-refractivity contribution in [1.82, 2.24) is 14.6 Å². The van der Waals surface area contributed by atoms with Crippen LogP contribution in [0.2, 0.25) is 0 Å². The summed E-state index contributed by atoms with van der Waals surface area (Å²) in [4.78, 5) is 40.8. The number of halogens is 1. The Bertz CT molecular complexity index is 1270. The number of nitrogens with two attached hydrogens (primary N) is 2. The van der Waals surface area contributed by atoms with E-state index in [1.165, 1.54) is 24.1 Å². The standard InChI is InChI=1S/C26H28FN5O4S/c1-36-19-12-8-16(9-13-19)22(25(34)30-18-4-2-3-5-18)32(14-15-6-10-17(27)11-7-15)26(35)23-20(28)21(24(29)33)31-37-23/h6-13,18,22H,2-5,14,28H2,1H3,(H2,29,33)(H,30,34)/t22-/m0/s1. The van der Waals surface area contributed by atoms with E-state index in [2.05, 4.69) is 9.69 Å². The van der Waals surface area contributed by atoms with Crippen LogP contribution in [0.5, 0.6) is 5.75 Å². The number of carbonyl (C=O) groups excluding carboxylic acids is 3. The summed E-state index contributed by atoms with van der Waals surface area (Å²) >= 11 is 0.738. The molecule has 3 amide bonds. The van der Waals surface area contributed by atoms with Crippen LogP contribution >= 0.6 is 11.5 Å². The van der Waals surface area contributed by atoms with Gasteiger partial charge in [-0.3, -0.25) is 14.4 Å². The van der Waals surface area contributed by atoms with E-state index in [4.69, 9.17) is 16.2 Å². The monoisotopic (exact) mass is 525 g/mol. The molecule has 0 saturated heterocycles. The first-order valence-corrected chi connectivity index (χ1v) is 12.6. The molecule has 4 rings (SSSR count). The van der Waals surface area contributed by atoms with Crippen LogP contribution in [0, 0.1) is 5.82 Å². The summed E-state index contributed by atoms with van der Waals surface area (Å²) in [7, 11) is 1.53. The highest BCUT2D eigenvalue weighted by molar-refractivity contribution is 7.09. The van der Waals surface area contributed by atoms with E-state index < -0.39 is 23.7 Å². The van der Waals surface area contributed by atoms with Gasteiger partial charge in [-0.2, -0.15) is 4.37 Å². The molecule has 1 aliphatic rings. The molecule has 194 valence electrons. The summed E-state index contributed by atoms with van der Waals surface area (Å²) < 4.78 is 22.8. The first kappa shape index (κ1) is 26.1. The van der Waals surface area contributed by atoms with Crippen molar-refractivity contribution in [3.8, 4) is 5.75 Å². The van der Waals surface area contributed by atoms with Crippen molar-refractivity contribution in [3.63, 3.8) is 0 Å². The Morgan fingerprint density at radius 2 is 1.78 bits per heavy atom. The Morgan fingerprint density at radius 1 is 1.14 bits per heavy atom. The highest BCUT2D eigenvalue weighted by Gasteiger charge is 2.36. The predicted molar refractivity (Wildman–Crippen MR) is 137 cm³/mol. The van der Waals surface area contributed by atoms with Gasteiger partial charge in [0.1, 0.15) is 22.5 Å². The Balaban J connectivity index is 1.79. The zero-order valence-corrected chi connectivity index (χ0v) is 21.1. The Morgan fingerprint density at radius 3 is 2.35 bits per heavy atom. The molecule has 0 aliphatic heterocycles. The molecule has 2 aromatic carbocycles. The van der Waals surface area contributed by atoms with Gasteiger partial charge in [0, 0.05) is 12.6 Å². The number of methoxy groups -OCH3 is 1. The minimum atomic E-state index is -1.05. The largest absolute Gasteiger partial charge is 0.497 e. The lowest BCUT2D eigenvalue weighted by atomic mass is 10.0. The van der Waals surface area contributed by atoms with E-state index >= 15 is 0 Å². The van der Waals surface area contributed by atoms with Gasteiger partial charge in [-0.1, -0.05) is 37.1 Å². The molecule has 1 fully saturated rings. The molecule has 0 unspecified atom stereocenters. The second-order valence-corrected chi connectivity index (χ2v) is 9.64. The Labute approximate surface area is 217 Å².